The maximum Gasteiger partial charge on any atom is 0.137 e. The first-order chi connectivity index (χ1) is 8.56. The largest absolute Gasteiger partial charge is 0.392 e. The third-order valence-electron chi connectivity index (χ3n) is 2.47. The molecule has 2 rings (SSSR count). The third-order valence-corrected chi connectivity index (χ3v) is 4.05. The van der Waals surface area contributed by atoms with Crippen molar-refractivity contribution < 1.29 is 5.11 Å². The molecule has 1 heterocycles. The summed E-state index contributed by atoms with van der Waals surface area (Å²) in [5, 5.41) is 10.5. The van der Waals surface area contributed by atoms with Gasteiger partial charge in [0, 0.05) is 17.3 Å². The van der Waals surface area contributed by atoms with Gasteiger partial charge in [-0.25, -0.2) is 4.98 Å². The van der Waals surface area contributed by atoms with Crippen LogP contribution in [0.5, 0.6) is 0 Å². The number of halogens is 4. The van der Waals surface area contributed by atoms with Crippen molar-refractivity contribution in [1.82, 2.24) is 4.98 Å². The minimum Gasteiger partial charge on any atom is -0.392 e. The molecule has 6 heteroatoms. The number of pyridine rings is 1. The molecule has 0 amide bonds. The van der Waals surface area contributed by atoms with E-state index < -0.39 is 0 Å². The van der Waals surface area contributed by atoms with E-state index in [4.69, 9.17) is 46.4 Å². The highest BCUT2D eigenvalue weighted by Gasteiger charge is 2.16. The molecule has 0 aliphatic rings. The fourth-order valence-corrected chi connectivity index (χ4v) is 2.52. The summed E-state index contributed by atoms with van der Waals surface area (Å²) in [7, 11) is 0. The Bertz CT molecular complexity index is 601. The molecule has 0 aliphatic carbocycles. The lowest BCUT2D eigenvalue weighted by Gasteiger charge is -2.12. The molecule has 2 aromatic rings. The topological polar surface area (TPSA) is 33.1 Å². The predicted octanol–water partition coefficient (Wildman–Crippen LogP) is 4.85. The lowest BCUT2D eigenvalue weighted by molar-refractivity contribution is 0.282. The van der Waals surface area contributed by atoms with Gasteiger partial charge in [-0.15, -0.1) is 0 Å². The van der Waals surface area contributed by atoms with E-state index in [1.807, 2.05) is 0 Å². The highest BCUT2D eigenvalue weighted by Crippen LogP contribution is 2.41. The van der Waals surface area contributed by atoms with Crippen molar-refractivity contribution in [2.75, 3.05) is 0 Å². The maximum atomic E-state index is 9.33. The second kappa shape index (κ2) is 5.64. The van der Waals surface area contributed by atoms with Crippen LogP contribution < -0.4 is 0 Å². The zero-order valence-corrected chi connectivity index (χ0v) is 11.9. The molecule has 1 aromatic heterocycles. The Morgan fingerprint density at radius 3 is 2.39 bits per heavy atom. The van der Waals surface area contributed by atoms with Crippen molar-refractivity contribution in [3.8, 4) is 11.1 Å². The van der Waals surface area contributed by atoms with Gasteiger partial charge in [0.15, 0.2) is 0 Å². The first kappa shape index (κ1) is 13.9. The Morgan fingerprint density at radius 1 is 1.00 bits per heavy atom. The van der Waals surface area contributed by atoms with Crippen LogP contribution in [0.1, 0.15) is 5.56 Å². The molecule has 0 saturated heterocycles. The fraction of sp³-hybridized carbons (Fsp3) is 0.0833. The van der Waals surface area contributed by atoms with Crippen LogP contribution in [0.2, 0.25) is 20.2 Å². The highest BCUT2D eigenvalue weighted by molar-refractivity contribution is 6.49. The quantitative estimate of drug-likeness (QED) is 0.633. The lowest BCUT2D eigenvalue weighted by atomic mass is 10.0. The maximum absolute atomic E-state index is 9.33. The monoisotopic (exact) mass is 321 g/mol. The minimum atomic E-state index is -0.172. The number of hydrogen-bond donors (Lipinski definition) is 1. The van der Waals surface area contributed by atoms with Gasteiger partial charge in [-0.3, -0.25) is 0 Å². The molecule has 94 valence electrons. The van der Waals surface area contributed by atoms with Crippen LogP contribution in [-0.2, 0) is 6.61 Å². The molecule has 18 heavy (non-hydrogen) atoms. The van der Waals surface area contributed by atoms with Gasteiger partial charge in [0.05, 0.1) is 21.7 Å². The highest BCUT2D eigenvalue weighted by atomic mass is 35.5. The zero-order chi connectivity index (χ0) is 13.3. The van der Waals surface area contributed by atoms with Crippen molar-refractivity contribution in [3.63, 3.8) is 0 Å². The summed E-state index contributed by atoms with van der Waals surface area (Å²) in [6.07, 6.45) is 1.52. The summed E-state index contributed by atoms with van der Waals surface area (Å²) in [6, 6.07) is 4.98. The first-order valence-corrected chi connectivity index (χ1v) is 6.45. The number of aliphatic hydroxyl groups excluding tert-OH is 1. The second-order valence-corrected chi connectivity index (χ2v) is 5.04. The van der Waals surface area contributed by atoms with Crippen LogP contribution in [0, 0.1) is 0 Å². The zero-order valence-electron chi connectivity index (χ0n) is 8.92. The van der Waals surface area contributed by atoms with E-state index in [1.54, 1.807) is 18.2 Å². The van der Waals surface area contributed by atoms with Crippen molar-refractivity contribution in [3.05, 3.63) is 50.2 Å². The minimum absolute atomic E-state index is 0.172. The summed E-state index contributed by atoms with van der Waals surface area (Å²) in [6.45, 7) is -0.172. The molecule has 0 unspecified atom stereocenters. The fourth-order valence-electron chi connectivity index (χ4n) is 1.61. The molecule has 0 spiro atoms. The van der Waals surface area contributed by atoms with Crippen LogP contribution in [0.15, 0.2) is 24.4 Å². The van der Waals surface area contributed by atoms with Crippen LogP contribution >= 0.6 is 46.4 Å². The standard InChI is InChI=1S/C12H7Cl4NO/c13-8-2-1-7(10(14)11(8)15)9-6(5-18)3-4-17-12(9)16/h1-4,18H,5H2. The first-order valence-electron chi connectivity index (χ1n) is 4.94. The second-order valence-electron chi connectivity index (χ2n) is 3.52. The summed E-state index contributed by atoms with van der Waals surface area (Å²) in [5.74, 6) is 0. The number of aromatic nitrogens is 1. The van der Waals surface area contributed by atoms with Crippen molar-refractivity contribution >= 4 is 46.4 Å². The van der Waals surface area contributed by atoms with Gasteiger partial charge < -0.3 is 5.11 Å². The average molecular weight is 323 g/mol. The molecule has 1 N–H and O–H groups in total. The number of aliphatic hydroxyl groups is 1. The molecule has 0 fully saturated rings. The number of hydrogen-bond acceptors (Lipinski definition) is 2. The lowest BCUT2D eigenvalue weighted by Crippen LogP contribution is -1.94. The number of rotatable bonds is 2. The van der Waals surface area contributed by atoms with Crippen molar-refractivity contribution in [2.45, 2.75) is 6.61 Å². The summed E-state index contributed by atoms with van der Waals surface area (Å²) < 4.78 is 0. The van der Waals surface area contributed by atoms with E-state index in [9.17, 15) is 5.11 Å². The summed E-state index contributed by atoms with van der Waals surface area (Å²) in [5.41, 5.74) is 1.77. The smallest absolute Gasteiger partial charge is 0.137 e. The Kier molecular flexibility index (Phi) is 4.36. The predicted molar refractivity (Wildman–Crippen MR) is 75.6 cm³/mol. The van der Waals surface area contributed by atoms with Gasteiger partial charge in [-0.05, 0) is 17.7 Å². The van der Waals surface area contributed by atoms with Crippen LogP contribution in [0.3, 0.4) is 0 Å². The van der Waals surface area contributed by atoms with Gasteiger partial charge in [-0.2, -0.15) is 0 Å². The Hall–Kier alpha value is -0.510. The Balaban J connectivity index is 2.73. The summed E-state index contributed by atoms with van der Waals surface area (Å²) in [4.78, 5) is 3.98. The third kappa shape index (κ3) is 2.44. The molecule has 0 bridgehead atoms. The van der Waals surface area contributed by atoms with Crippen molar-refractivity contribution in [2.24, 2.45) is 0 Å². The van der Waals surface area contributed by atoms with Crippen LogP contribution in [0.4, 0.5) is 0 Å². The molecule has 0 radical (unpaired) electrons. The van der Waals surface area contributed by atoms with E-state index in [0.29, 0.717) is 21.7 Å². The SMILES string of the molecule is OCc1ccnc(Cl)c1-c1ccc(Cl)c(Cl)c1Cl. The van der Waals surface area contributed by atoms with Crippen LogP contribution in [-0.4, -0.2) is 10.1 Å². The molecule has 0 aliphatic heterocycles. The molecular weight excluding hydrogens is 316 g/mol. The number of benzene rings is 1. The molecule has 1 aromatic carbocycles. The average Bonchev–Trinajstić information content (AvgIpc) is 2.37. The summed E-state index contributed by atoms with van der Waals surface area (Å²) >= 11 is 24.1. The molecule has 0 atom stereocenters. The number of nitrogens with zero attached hydrogens (tertiary/aromatic N) is 1. The molecule has 2 nitrogen and oxygen atoms in total. The van der Waals surface area contributed by atoms with E-state index in [1.165, 1.54) is 6.20 Å². The van der Waals surface area contributed by atoms with Crippen molar-refractivity contribution in [1.29, 1.82) is 0 Å². The van der Waals surface area contributed by atoms with E-state index in [2.05, 4.69) is 4.98 Å². The van der Waals surface area contributed by atoms with Gasteiger partial charge >= 0.3 is 0 Å². The normalized spacial score (nSPS) is 10.7. The molecular formula is C12H7Cl4NO. The van der Waals surface area contributed by atoms with Gasteiger partial charge in [-0.1, -0.05) is 52.5 Å². The van der Waals surface area contributed by atoms with Crippen LogP contribution in [0.25, 0.3) is 11.1 Å². The Labute approximate surface area is 124 Å². The van der Waals surface area contributed by atoms with E-state index >= 15 is 0 Å². The van der Waals surface area contributed by atoms with E-state index in [0.717, 1.165) is 0 Å². The molecule has 0 saturated carbocycles. The van der Waals surface area contributed by atoms with E-state index in [-0.39, 0.29) is 21.8 Å². The van der Waals surface area contributed by atoms with Gasteiger partial charge in [0.25, 0.3) is 0 Å². The Morgan fingerprint density at radius 2 is 1.72 bits per heavy atom. The van der Waals surface area contributed by atoms with Gasteiger partial charge in [0.1, 0.15) is 5.15 Å². The van der Waals surface area contributed by atoms with Gasteiger partial charge in [0.2, 0.25) is 0 Å².